The summed E-state index contributed by atoms with van der Waals surface area (Å²) in [6.45, 7) is 5.03. The van der Waals surface area contributed by atoms with E-state index in [-0.39, 0.29) is 0 Å². The summed E-state index contributed by atoms with van der Waals surface area (Å²) in [6.07, 6.45) is 4.65. The number of benzene rings is 2. The van der Waals surface area contributed by atoms with Crippen LogP contribution in [0.4, 0.5) is 0 Å². The van der Waals surface area contributed by atoms with Gasteiger partial charge in [0.15, 0.2) is 11.5 Å². The number of carboxylic acids is 1. The average Bonchev–Trinajstić information content (AvgIpc) is 2.69. The van der Waals surface area contributed by atoms with Crippen LogP contribution >= 0.6 is 11.8 Å². The molecule has 0 unspecified atom stereocenters. The Hall–Kier alpha value is -2.40. The van der Waals surface area contributed by atoms with E-state index in [1.165, 1.54) is 16.5 Å². The van der Waals surface area contributed by atoms with Gasteiger partial charge in [-0.15, -0.1) is 11.8 Å². The van der Waals surface area contributed by atoms with Crippen molar-refractivity contribution < 1.29 is 19.4 Å². The molecule has 4 nitrogen and oxygen atoms in total. The molecule has 0 fully saturated rings. The van der Waals surface area contributed by atoms with Crippen LogP contribution in [0.3, 0.4) is 0 Å². The van der Waals surface area contributed by atoms with Crippen LogP contribution in [0.1, 0.15) is 43.7 Å². The fraction of sp³-hybridized carbons (Fsp3) is 0.348. The Morgan fingerprint density at radius 3 is 2.50 bits per heavy atom. The summed E-state index contributed by atoms with van der Waals surface area (Å²) in [7, 11) is 1.58. The molecule has 0 radical (unpaired) electrons. The van der Waals surface area contributed by atoms with Gasteiger partial charge < -0.3 is 14.6 Å². The summed E-state index contributed by atoms with van der Waals surface area (Å²) >= 11 is 1.87. The zero-order chi connectivity index (χ0) is 20.4. The zero-order valence-electron chi connectivity index (χ0n) is 16.7. The van der Waals surface area contributed by atoms with Crippen LogP contribution in [0.25, 0.3) is 6.08 Å². The fourth-order valence-corrected chi connectivity index (χ4v) is 3.51. The van der Waals surface area contributed by atoms with E-state index in [9.17, 15) is 4.79 Å². The molecule has 150 valence electrons. The molecule has 0 saturated heterocycles. The van der Waals surface area contributed by atoms with E-state index >= 15 is 0 Å². The summed E-state index contributed by atoms with van der Waals surface area (Å²) in [5, 5.41) is 8.71. The Kier molecular flexibility index (Phi) is 8.95. The highest BCUT2D eigenvalue weighted by molar-refractivity contribution is 7.99. The molecule has 0 aromatic heterocycles. The molecular formula is C23H28O4S. The summed E-state index contributed by atoms with van der Waals surface area (Å²) in [5.74, 6) is 1.92. The normalized spacial score (nSPS) is 11.1. The van der Waals surface area contributed by atoms with Crippen molar-refractivity contribution in [2.75, 3.05) is 19.5 Å². The molecule has 0 saturated carbocycles. The van der Waals surface area contributed by atoms with Gasteiger partial charge in [-0.05, 0) is 66.0 Å². The average molecular weight is 401 g/mol. The Morgan fingerprint density at radius 1 is 1.11 bits per heavy atom. The van der Waals surface area contributed by atoms with Gasteiger partial charge in [-0.25, -0.2) is 4.79 Å². The van der Waals surface area contributed by atoms with Crippen molar-refractivity contribution >= 4 is 23.8 Å². The first-order chi connectivity index (χ1) is 13.5. The second-order valence-corrected chi connectivity index (χ2v) is 7.88. The van der Waals surface area contributed by atoms with Crippen molar-refractivity contribution in [3.8, 4) is 11.5 Å². The third kappa shape index (κ3) is 7.31. The largest absolute Gasteiger partial charge is 0.493 e. The number of methoxy groups -OCH3 is 1. The quantitative estimate of drug-likeness (QED) is 0.290. The van der Waals surface area contributed by atoms with Gasteiger partial charge in [-0.3, -0.25) is 0 Å². The van der Waals surface area contributed by atoms with Crippen molar-refractivity contribution in [2.45, 2.75) is 37.5 Å². The van der Waals surface area contributed by atoms with Crippen molar-refractivity contribution in [3.05, 3.63) is 59.7 Å². The highest BCUT2D eigenvalue weighted by Crippen LogP contribution is 2.29. The van der Waals surface area contributed by atoms with Crippen LogP contribution in [-0.2, 0) is 4.79 Å². The van der Waals surface area contributed by atoms with Crippen LogP contribution < -0.4 is 9.47 Å². The van der Waals surface area contributed by atoms with E-state index < -0.39 is 5.97 Å². The number of unbranched alkanes of at least 4 members (excludes halogenated alkanes) is 1. The van der Waals surface area contributed by atoms with E-state index in [0.717, 1.165) is 30.2 Å². The topological polar surface area (TPSA) is 55.8 Å². The molecule has 0 aliphatic rings. The molecule has 0 amide bonds. The fourth-order valence-electron chi connectivity index (χ4n) is 2.60. The molecule has 2 rings (SSSR count). The van der Waals surface area contributed by atoms with Gasteiger partial charge in [-0.1, -0.05) is 32.0 Å². The molecule has 0 spiro atoms. The minimum atomic E-state index is -0.979. The van der Waals surface area contributed by atoms with E-state index in [0.29, 0.717) is 24.0 Å². The van der Waals surface area contributed by atoms with Gasteiger partial charge >= 0.3 is 5.97 Å². The number of carboxylic acid groups (broad SMARTS) is 1. The first-order valence-electron chi connectivity index (χ1n) is 9.44. The van der Waals surface area contributed by atoms with Crippen LogP contribution in [0.5, 0.6) is 11.5 Å². The predicted molar refractivity (Wildman–Crippen MR) is 116 cm³/mol. The van der Waals surface area contributed by atoms with Crippen LogP contribution in [0.15, 0.2) is 53.4 Å². The number of hydrogen-bond donors (Lipinski definition) is 1. The standard InChI is InChI=1S/C23H28O4S/c1-17(2)19-8-10-20(11-9-19)28-15-5-4-14-27-21-12-6-18(7-13-23(24)25)16-22(21)26-3/h6-13,16-17H,4-5,14-15H2,1-3H3,(H,24,25)/b13-7+. The maximum atomic E-state index is 10.6. The molecule has 28 heavy (non-hydrogen) atoms. The minimum absolute atomic E-state index is 0.565. The maximum Gasteiger partial charge on any atom is 0.328 e. The molecule has 0 heterocycles. The third-order valence-corrected chi connectivity index (χ3v) is 5.32. The summed E-state index contributed by atoms with van der Waals surface area (Å²) < 4.78 is 11.2. The van der Waals surface area contributed by atoms with Crippen molar-refractivity contribution in [1.82, 2.24) is 0 Å². The molecule has 1 N–H and O–H groups in total. The second kappa shape index (κ2) is 11.4. The van der Waals surface area contributed by atoms with Gasteiger partial charge in [0, 0.05) is 11.0 Å². The third-order valence-electron chi connectivity index (χ3n) is 4.22. The van der Waals surface area contributed by atoms with Crippen molar-refractivity contribution in [1.29, 1.82) is 0 Å². The Bertz CT molecular complexity index is 782. The van der Waals surface area contributed by atoms with Crippen molar-refractivity contribution in [3.63, 3.8) is 0 Å². The number of hydrogen-bond acceptors (Lipinski definition) is 4. The number of aliphatic carboxylic acids is 1. The maximum absolute atomic E-state index is 10.6. The van der Waals surface area contributed by atoms with Gasteiger partial charge in [0.05, 0.1) is 13.7 Å². The lowest BCUT2D eigenvalue weighted by molar-refractivity contribution is -0.131. The van der Waals surface area contributed by atoms with E-state index in [1.54, 1.807) is 13.2 Å². The summed E-state index contributed by atoms with van der Waals surface area (Å²) in [5.41, 5.74) is 2.13. The van der Waals surface area contributed by atoms with Gasteiger partial charge in [0.2, 0.25) is 0 Å². The molecule has 0 aliphatic heterocycles. The van der Waals surface area contributed by atoms with Gasteiger partial charge in [-0.2, -0.15) is 0 Å². The Labute approximate surface area is 171 Å². The molecule has 2 aromatic carbocycles. The summed E-state index contributed by atoms with van der Waals surface area (Å²) in [6, 6.07) is 14.2. The SMILES string of the molecule is COc1cc(/C=C/C(=O)O)ccc1OCCCCSc1ccc(C(C)C)cc1. The number of carbonyl (C=O) groups is 1. The van der Waals surface area contributed by atoms with Crippen LogP contribution in [-0.4, -0.2) is 30.5 Å². The lowest BCUT2D eigenvalue weighted by Crippen LogP contribution is -2.00. The van der Waals surface area contributed by atoms with Crippen LogP contribution in [0, 0.1) is 0 Å². The molecular weight excluding hydrogens is 372 g/mol. The summed E-state index contributed by atoms with van der Waals surface area (Å²) in [4.78, 5) is 11.9. The Balaban J connectivity index is 1.73. The van der Waals surface area contributed by atoms with Gasteiger partial charge in [0.1, 0.15) is 0 Å². The van der Waals surface area contributed by atoms with Crippen molar-refractivity contribution in [2.24, 2.45) is 0 Å². The molecule has 0 bridgehead atoms. The molecule has 2 aromatic rings. The Morgan fingerprint density at radius 2 is 1.86 bits per heavy atom. The molecule has 0 aliphatic carbocycles. The highest BCUT2D eigenvalue weighted by atomic mass is 32.2. The van der Waals surface area contributed by atoms with Crippen LogP contribution in [0.2, 0.25) is 0 Å². The first-order valence-corrected chi connectivity index (χ1v) is 10.4. The van der Waals surface area contributed by atoms with E-state index in [4.69, 9.17) is 14.6 Å². The van der Waals surface area contributed by atoms with E-state index in [2.05, 4.69) is 38.1 Å². The number of ether oxygens (including phenoxy) is 2. The zero-order valence-corrected chi connectivity index (χ0v) is 17.5. The molecule has 5 heteroatoms. The number of thioether (sulfide) groups is 1. The first kappa shape index (κ1) is 21.9. The highest BCUT2D eigenvalue weighted by Gasteiger charge is 2.05. The molecule has 0 atom stereocenters. The predicted octanol–water partition coefficient (Wildman–Crippen LogP) is 5.87. The van der Waals surface area contributed by atoms with Gasteiger partial charge in [0.25, 0.3) is 0 Å². The smallest absolute Gasteiger partial charge is 0.328 e. The lowest BCUT2D eigenvalue weighted by atomic mass is 10.0. The van der Waals surface area contributed by atoms with E-state index in [1.807, 2.05) is 23.9 Å². The monoisotopic (exact) mass is 400 g/mol. The minimum Gasteiger partial charge on any atom is -0.493 e. The lowest BCUT2D eigenvalue weighted by Gasteiger charge is -2.11. The number of rotatable bonds is 11. The second-order valence-electron chi connectivity index (χ2n) is 6.71.